The van der Waals surface area contributed by atoms with Crippen molar-refractivity contribution >= 4 is 28.4 Å². The smallest absolute Gasteiger partial charge is 0.270 e. The number of H-pyrrole nitrogens is 1. The lowest BCUT2D eigenvalue weighted by Crippen LogP contribution is -2.16. The Kier molecular flexibility index (Phi) is 2.76. The van der Waals surface area contributed by atoms with Gasteiger partial charge in [0.25, 0.3) is 11.2 Å². The van der Waals surface area contributed by atoms with E-state index >= 15 is 0 Å². The zero-order chi connectivity index (χ0) is 13.3. The van der Waals surface area contributed by atoms with Crippen LogP contribution >= 0.6 is 0 Å². The molecule has 1 aromatic heterocycles. The van der Waals surface area contributed by atoms with E-state index in [9.17, 15) is 19.7 Å². The molecule has 0 unspecified atom stereocenters. The number of carbonyl (C=O) groups excluding carboxylic acids is 1. The number of hydrogen-bond donors (Lipinski definition) is 2. The average molecular weight is 248 g/mol. The van der Waals surface area contributed by atoms with E-state index in [1.165, 1.54) is 19.1 Å². The summed E-state index contributed by atoms with van der Waals surface area (Å²) >= 11 is 0. The number of nitrogens with zero attached hydrogens (tertiary/aromatic N) is 2. The number of non-ortho nitro benzene ring substituents is 1. The molecule has 1 aromatic carbocycles. The van der Waals surface area contributed by atoms with Crippen molar-refractivity contribution in [3.05, 3.63) is 38.7 Å². The first-order chi connectivity index (χ1) is 8.47. The molecule has 0 aliphatic rings. The van der Waals surface area contributed by atoms with E-state index in [1.807, 2.05) is 0 Å². The highest BCUT2D eigenvalue weighted by Gasteiger charge is 2.10. The SMILES string of the molecule is CC(=O)Nc1nc2ccc([N+](=O)[O-])cc2c(=O)[nH]1. The molecule has 0 atom stereocenters. The second kappa shape index (κ2) is 4.24. The number of nitro groups is 1. The zero-order valence-electron chi connectivity index (χ0n) is 9.26. The lowest BCUT2D eigenvalue weighted by atomic mass is 10.2. The van der Waals surface area contributed by atoms with Gasteiger partial charge in [-0.1, -0.05) is 0 Å². The normalized spacial score (nSPS) is 10.3. The number of amides is 1. The molecule has 0 saturated carbocycles. The molecular weight excluding hydrogens is 240 g/mol. The van der Waals surface area contributed by atoms with Crippen molar-refractivity contribution in [2.75, 3.05) is 5.32 Å². The molecule has 0 aliphatic heterocycles. The first-order valence-electron chi connectivity index (χ1n) is 4.93. The Labute approximate surface area is 99.8 Å². The molecule has 0 bridgehead atoms. The molecule has 0 spiro atoms. The van der Waals surface area contributed by atoms with Gasteiger partial charge in [0.1, 0.15) is 0 Å². The van der Waals surface area contributed by atoms with Crippen LogP contribution in [0.25, 0.3) is 10.9 Å². The van der Waals surface area contributed by atoms with Crippen LogP contribution in [0.2, 0.25) is 0 Å². The van der Waals surface area contributed by atoms with Gasteiger partial charge in [-0.05, 0) is 6.07 Å². The van der Waals surface area contributed by atoms with Gasteiger partial charge in [0.15, 0.2) is 0 Å². The Morgan fingerprint density at radius 2 is 2.22 bits per heavy atom. The predicted molar refractivity (Wildman–Crippen MR) is 63.3 cm³/mol. The number of aromatic nitrogens is 2. The fraction of sp³-hybridized carbons (Fsp3) is 0.100. The van der Waals surface area contributed by atoms with Gasteiger partial charge in [-0.15, -0.1) is 0 Å². The second-order valence-electron chi connectivity index (χ2n) is 3.55. The van der Waals surface area contributed by atoms with Gasteiger partial charge < -0.3 is 0 Å². The number of carbonyl (C=O) groups is 1. The summed E-state index contributed by atoms with van der Waals surface area (Å²) in [6.07, 6.45) is 0. The maximum Gasteiger partial charge on any atom is 0.270 e. The molecular formula is C10H8N4O4. The van der Waals surface area contributed by atoms with Crippen molar-refractivity contribution in [2.24, 2.45) is 0 Å². The van der Waals surface area contributed by atoms with Crippen LogP contribution in [-0.4, -0.2) is 20.8 Å². The van der Waals surface area contributed by atoms with Gasteiger partial charge >= 0.3 is 0 Å². The Bertz CT molecular complexity index is 707. The Balaban J connectivity index is 2.62. The number of anilines is 1. The number of fused-ring (bicyclic) bond motifs is 1. The van der Waals surface area contributed by atoms with Crippen molar-refractivity contribution in [3.63, 3.8) is 0 Å². The van der Waals surface area contributed by atoms with E-state index < -0.39 is 10.5 Å². The van der Waals surface area contributed by atoms with Crippen LogP contribution in [0.1, 0.15) is 6.92 Å². The largest absolute Gasteiger partial charge is 0.296 e. The summed E-state index contributed by atoms with van der Waals surface area (Å²) in [4.78, 5) is 38.8. The lowest BCUT2D eigenvalue weighted by molar-refractivity contribution is -0.384. The lowest BCUT2D eigenvalue weighted by Gasteiger charge is -2.02. The highest BCUT2D eigenvalue weighted by atomic mass is 16.6. The summed E-state index contributed by atoms with van der Waals surface area (Å²) in [6, 6.07) is 3.74. The molecule has 18 heavy (non-hydrogen) atoms. The maximum absolute atomic E-state index is 11.7. The van der Waals surface area contributed by atoms with Gasteiger partial charge in [0, 0.05) is 19.1 Å². The van der Waals surface area contributed by atoms with Crippen molar-refractivity contribution in [3.8, 4) is 0 Å². The van der Waals surface area contributed by atoms with Crippen LogP contribution in [0.4, 0.5) is 11.6 Å². The minimum atomic E-state index is -0.597. The highest BCUT2D eigenvalue weighted by molar-refractivity contribution is 5.88. The van der Waals surface area contributed by atoms with Crippen LogP contribution in [-0.2, 0) is 4.79 Å². The fourth-order valence-corrected chi connectivity index (χ4v) is 1.47. The third-order valence-electron chi connectivity index (χ3n) is 2.19. The van der Waals surface area contributed by atoms with Crippen LogP contribution in [0.5, 0.6) is 0 Å². The second-order valence-corrected chi connectivity index (χ2v) is 3.55. The molecule has 0 fully saturated rings. The van der Waals surface area contributed by atoms with Gasteiger partial charge in [0.2, 0.25) is 11.9 Å². The van der Waals surface area contributed by atoms with Crippen molar-refractivity contribution < 1.29 is 9.72 Å². The van der Waals surface area contributed by atoms with Gasteiger partial charge in [0.05, 0.1) is 15.8 Å². The summed E-state index contributed by atoms with van der Waals surface area (Å²) in [5.41, 5.74) is -0.470. The number of aromatic amines is 1. The minimum Gasteiger partial charge on any atom is -0.296 e. The molecule has 1 amide bonds. The van der Waals surface area contributed by atoms with Crippen molar-refractivity contribution in [2.45, 2.75) is 6.92 Å². The average Bonchev–Trinajstić information content (AvgIpc) is 2.27. The Morgan fingerprint density at radius 1 is 1.50 bits per heavy atom. The molecule has 0 aliphatic carbocycles. The van der Waals surface area contributed by atoms with E-state index in [4.69, 9.17) is 0 Å². The molecule has 8 heteroatoms. The molecule has 2 N–H and O–H groups in total. The molecule has 8 nitrogen and oxygen atoms in total. The topological polar surface area (TPSA) is 118 Å². The van der Waals surface area contributed by atoms with E-state index in [0.717, 1.165) is 6.07 Å². The van der Waals surface area contributed by atoms with Crippen LogP contribution in [0.3, 0.4) is 0 Å². The van der Waals surface area contributed by atoms with E-state index in [0.29, 0.717) is 0 Å². The Morgan fingerprint density at radius 3 is 2.83 bits per heavy atom. The third-order valence-corrected chi connectivity index (χ3v) is 2.19. The number of hydrogen-bond acceptors (Lipinski definition) is 5. The summed E-state index contributed by atoms with van der Waals surface area (Å²) in [6.45, 7) is 1.28. The molecule has 2 aromatic rings. The van der Waals surface area contributed by atoms with Gasteiger partial charge in [-0.3, -0.25) is 30.0 Å². The number of rotatable bonds is 2. The Hall–Kier alpha value is -2.77. The standard InChI is InChI=1S/C10H8N4O4/c1-5(15)11-10-12-8-3-2-6(14(17)18)4-7(8)9(16)13-10/h2-4H,1H3,(H2,11,12,13,15,16). The number of nitrogens with one attached hydrogen (secondary N) is 2. The molecule has 0 radical (unpaired) electrons. The maximum atomic E-state index is 11.7. The number of nitro benzene ring substituents is 1. The third kappa shape index (κ3) is 2.17. The molecule has 2 rings (SSSR count). The first-order valence-corrected chi connectivity index (χ1v) is 4.93. The summed E-state index contributed by atoms with van der Waals surface area (Å²) in [7, 11) is 0. The van der Waals surface area contributed by atoms with E-state index in [2.05, 4.69) is 15.3 Å². The highest BCUT2D eigenvalue weighted by Crippen LogP contribution is 2.17. The van der Waals surface area contributed by atoms with Crippen molar-refractivity contribution in [1.82, 2.24) is 9.97 Å². The van der Waals surface area contributed by atoms with E-state index in [1.54, 1.807) is 0 Å². The monoisotopic (exact) mass is 248 g/mol. The summed E-state index contributed by atoms with van der Waals surface area (Å²) < 4.78 is 0. The fourth-order valence-electron chi connectivity index (χ4n) is 1.47. The molecule has 92 valence electrons. The molecule has 0 saturated heterocycles. The van der Waals surface area contributed by atoms with Gasteiger partial charge in [-0.2, -0.15) is 0 Å². The summed E-state index contributed by atoms with van der Waals surface area (Å²) in [5.74, 6) is -0.367. The van der Waals surface area contributed by atoms with E-state index in [-0.39, 0.29) is 28.4 Å². The minimum absolute atomic E-state index is 0.00820. The van der Waals surface area contributed by atoms with Crippen LogP contribution in [0, 0.1) is 10.1 Å². The number of benzene rings is 1. The van der Waals surface area contributed by atoms with Crippen LogP contribution in [0.15, 0.2) is 23.0 Å². The van der Waals surface area contributed by atoms with Crippen LogP contribution < -0.4 is 10.9 Å². The zero-order valence-corrected chi connectivity index (χ0v) is 9.26. The summed E-state index contributed by atoms with van der Waals surface area (Å²) in [5, 5.41) is 13.0. The van der Waals surface area contributed by atoms with Gasteiger partial charge in [-0.25, -0.2) is 4.98 Å². The van der Waals surface area contributed by atoms with Crippen molar-refractivity contribution in [1.29, 1.82) is 0 Å². The quantitative estimate of drug-likeness (QED) is 0.601. The first kappa shape index (κ1) is 11.7. The predicted octanol–water partition coefficient (Wildman–Crippen LogP) is 0.790. The molecule has 1 heterocycles.